The van der Waals surface area contributed by atoms with Crippen LogP contribution in [0, 0.1) is 0 Å². The van der Waals surface area contributed by atoms with Gasteiger partial charge in [-0.15, -0.1) is 0 Å². The minimum Gasteiger partial charge on any atom is -0.462 e. The molecule has 0 N–H and O–H groups in total. The van der Waals surface area contributed by atoms with Crippen molar-refractivity contribution in [3.05, 3.63) is 158 Å². The van der Waals surface area contributed by atoms with Gasteiger partial charge in [0.15, 0.2) is 6.10 Å². The van der Waals surface area contributed by atoms with Crippen LogP contribution in [0.3, 0.4) is 0 Å². The first kappa shape index (κ1) is 73.0. The topological polar surface area (TPSA) is 78.9 Å². The third-order valence-corrected chi connectivity index (χ3v) is 12.8. The highest BCUT2D eigenvalue weighted by Gasteiger charge is 2.19. The van der Waals surface area contributed by atoms with Crippen LogP contribution < -0.4 is 0 Å². The van der Waals surface area contributed by atoms with Crippen LogP contribution in [0.15, 0.2) is 158 Å². The Bertz CT molecular complexity index is 1760. The molecule has 0 bridgehead atoms. The maximum atomic E-state index is 12.9. The summed E-state index contributed by atoms with van der Waals surface area (Å²) in [6.07, 6.45) is 93.9. The minimum absolute atomic E-state index is 0.110. The van der Waals surface area contributed by atoms with Crippen LogP contribution in [0.5, 0.6) is 0 Å². The number of carbonyl (C=O) groups is 3. The smallest absolute Gasteiger partial charge is 0.306 e. The number of allylic oxidation sites excluding steroid dienone is 26. The summed E-state index contributed by atoms with van der Waals surface area (Å²) in [6.45, 7) is 6.34. The molecule has 6 heteroatoms. The summed E-state index contributed by atoms with van der Waals surface area (Å²) < 4.78 is 16.8. The van der Waals surface area contributed by atoms with Crippen LogP contribution in [0.2, 0.25) is 0 Å². The number of rotatable bonds is 55. The molecule has 0 amide bonds. The van der Waals surface area contributed by atoms with Crippen LogP contribution in [0.25, 0.3) is 0 Å². The predicted octanol–water partition coefficient (Wildman–Crippen LogP) is 21.7. The zero-order valence-electron chi connectivity index (χ0n) is 50.1. The summed E-state index contributed by atoms with van der Waals surface area (Å²) in [5.41, 5.74) is 0. The van der Waals surface area contributed by atoms with Crippen molar-refractivity contribution in [2.45, 2.75) is 264 Å². The Morgan fingerprint density at radius 2 is 0.513 bits per heavy atom. The van der Waals surface area contributed by atoms with Gasteiger partial charge in [0.1, 0.15) is 13.2 Å². The predicted molar refractivity (Wildman–Crippen MR) is 338 cm³/mol. The molecule has 0 saturated heterocycles. The van der Waals surface area contributed by atoms with E-state index in [4.69, 9.17) is 14.2 Å². The molecule has 438 valence electrons. The third-order valence-electron chi connectivity index (χ3n) is 12.8. The quantitative estimate of drug-likeness (QED) is 0.0261. The molecule has 0 rings (SSSR count). The van der Waals surface area contributed by atoms with Crippen molar-refractivity contribution in [3.8, 4) is 0 Å². The van der Waals surface area contributed by atoms with Crippen molar-refractivity contribution in [2.75, 3.05) is 13.2 Å². The third kappa shape index (κ3) is 61.9. The van der Waals surface area contributed by atoms with Crippen LogP contribution in [-0.4, -0.2) is 37.2 Å². The number of esters is 3. The molecule has 1 unspecified atom stereocenters. The van der Waals surface area contributed by atoms with Crippen LogP contribution >= 0.6 is 0 Å². The molecule has 1 atom stereocenters. The van der Waals surface area contributed by atoms with Gasteiger partial charge in [-0.05, 0) is 122 Å². The lowest BCUT2D eigenvalue weighted by Crippen LogP contribution is -2.30. The summed E-state index contributed by atoms with van der Waals surface area (Å²) in [5, 5.41) is 0. The van der Waals surface area contributed by atoms with E-state index in [1.165, 1.54) is 70.6 Å². The molecule has 0 radical (unpaired) electrons. The van der Waals surface area contributed by atoms with Gasteiger partial charge in [-0.2, -0.15) is 0 Å². The lowest BCUT2D eigenvalue weighted by atomic mass is 10.0. The van der Waals surface area contributed by atoms with E-state index < -0.39 is 6.10 Å². The van der Waals surface area contributed by atoms with Crippen molar-refractivity contribution in [1.82, 2.24) is 0 Å². The fourth-order valence-electron chi connectivity index (χ4n) is 8.14. The molecule has 0 spiro atoms. The second-order valence-corrected chi connectivity index (χ2v) is 20.2. The van der Waals surface area contributed by atoms with E-state index in [9.17, 15) is 14.4 Å². The highest BCUT2D eigenvalue weighted by Crippen LogP contribution is 2.15. The fraction of sp³-hybridized carbons (Fsp3) is 0.597. The average molecular weight is 1080 g/mol. The van der Waals surface area contributed by atoms with Gasteiger partial charge in [0.05, 0.1) is 0 Å². The van der Waals surface area contributed by atoms with Crippen molar-refractivity contribution in [3.63, 3.8) is 0 Å². The molecule has 0 aliphatic rings. The van der Waals surface area contributed by atoms with Gasteiger partial charge in [0.25, 0.3) is 0 Å². The van der Waals surface area contributed by atoms with Gasteiger partial charge < -0.3 is 14.2 Å². The van der Waals surface area contributed by atoms with Gasteiger partial charge >= 0.3 is 17.9 Å². The maximum absolute atomic E-state index is 12.9. The van der Waals surface area contributed by atoms with Gasteiger partial charge in [-0.3, -0.25) is 14.4 Å². The Hall–Kier alpha value is -4.97. The molecule has 6 nitrogen and oxygen atoms in total. The largest absolute Gasteiger partial charge is 0.462 e. The molecule has 0 aromatic rings. The van der Waals surface area contributed by atoms with E-state index in [0.29, 0.717) is 12.8 Å². The Balaban J connectivity index is 4.49. The van der Waals surface area contributed by atoms with Gasteiger partial charge in [-0.1, -0.05) is 275 Å². The first-order chi connectivity index (χ1) is 38.5. The lowest BCUT2D eigenvalue weighted by Gasteiger charge is -2.18. The molecule has 0 aliphatic carbocycles. The summed E-state index contributed by atoms with van der Waals surface area (Å²) in [4.78, 5) is 38.2. The summed E-state index contributed by atoms with van der Waals surface area (Å²) in [5.74, 6) is -0.999. The highest BCUT2D eigenvalue weighted by atomic mass is 16.6. The van der Waals surface area contributed by atoms with Crippen molar-refractivity contribution >= 4 is 17.9 Å². The second kappa shape index (κ2) is 64.6. The Labute approximate surface area is 480 Å². The maximum Gasteiger partial charge on any atom is 0.306 e. The first-order valence-corrected chi connectivity index (χ1v) is 31.5. The standard InChI is InChI=1S/C72H114O6/c1-4-7-10-13-16-19-22-25-28-30-31-32-33-34-35-36-37-38-39-40-41-43-44-47-50-53-56-59-62-65-71(74)77-68-69(67-76-70(73)64-61-58-55-52-49-46-27-24-21-18-15-12-9-6-3)78-72(75)66-63-60-57-54-51-48-45-42-29-26-23-20-17-14-11-8-5-2/h7-8,10-11,16-17,19-20,25-26,28-29,31-32,34-35,37-38,40-41,44-45,47-48,53,56,69H,4-6,9,12-15,18,21-24,27,30,33,36,39,42-43,46,49-52,54-55,57-68H2,1-3H3/b10-7-,11-8-,19-16-,20-17-,28-25-,29-26-,32-31-,35-34-,38-37-,41-40-,47-44-,48-45-,56-53-. The van der Waals surface area contributed by atoms with Crippen molar-refractivity contribution < 1.29 is 28.6 Å². The monoisotopic (exact) mass is 1070 g/mol. The van der Waals surface area contributed by atoms with Gasteiger partial charge in [0, 0.05) is 19.3 Å². The van der Waals surface area contributed by atoms with Crippen LogP contribution in [-0.2, 0) is 28.6 Å². The Kier molecular flexibility index (Phi) is 60.4. The van der Waals surface area contributed by atoms with Crippen LogP contribution in [0.4, 0.5) is 0 Å². The van der Waals surface area contributed by atoms with E-state index in [0.717, 1.165) is 141 Å². The molecule has 0 fully saturated rings. The fourth-order valence-corrected chi connectivity index (χ4v) is 8.14. The number of hydrogen-bond acceptors (Lipinski definition) is 6. The number of carbonyl (C=O) groups excluding carboxylic acids is 3. The van der Waals surface area contributed by atoms with E-state index >= 15 is 0 Å². The SMILES string of the molecule is CC/C=C\C/C=C\C/C=C\C/C=C\C/C=C\C/C=C\C/C=C\C/C=C\C/C=C\CCCC(=O)OCC(COC(=O)CCCCCCCCCCCCCCCC)OC(=O)CCCCCC/C=C\C/C=C\C/C=C\C/C=C\CC. The minimum atomic E-state index is -0.821. The summed E-state index contributed by atoms with van der Waals surface area (Å²) in [7, 11) is 0. The molecule has 0 aliphatic heterocycles. The summed E-state index contributed by atoms with van der Waals surface area (Å²) in [6, 6.07) is 0. The highest BCUT2D eigenvalue weighted by molar-refractivity contribution is 5.71. The molecule has 0 aromatic heterocycles. The number of hydrogen-bond donors (Lipinski definition) is 0. The molecule has 78 heavy (non-hydrogen) atoms. The molecular formula is C72H114O6. The van der Waals surface area contributed by atoms with Crippen molar-refractivity contribution in [1.29, 1.82) is 0 Å². The van der Waals surface area contributed by atoms with E-state index in [1.807, 2.05) is 0 Å². The Morgan fingerprint density at radius 3 is 0.833 bits per heavy atom. The van der Waals surface area contributed by atoms with Crippen molar-refractivity contribution in [2.24, 2.45) is 0 Å². The molecular weight excluding hydrogens is 961 g/mol. The van der Waals surface area contributed by atoms with E-state index in [1.54, 1.807) is 0 Å². The molecule has 0 saturated carbocycles. The normalized spacial score (nSPS) is 13.2. The second-order valence-electron chi connectivity index (χ2n) is 20.2. The zero-order valence-corrected chi connectivity index (χ0v) is 50.1. The zero-order chi connectivity index (χ0) is 56.4. The Morgan fingerprint density at radius 1 is 0.269 bits per heavy atom. The first-order valence-electron chi connectivity index (χ1n) is 31.5. The number of unbranched alkanes of at least 4 members (excludes halogenated alkanes) is 18. The van der Waals surface area contributed by atoms with E-state index in [-0.39, 0.29) is 44.0 Å². The molecule has 0 aromatic carbocycles. The van der Waals surface area contributed by atoms with Gasteiger partial charge in [-0.25, -0.2) is 0 Å². The van der Waals surface area contributed by atoms with E-state index in [2.05, 4.69) is 179 Å². The number of ether oxygens (including phenoxy) is 3. The molecule has 0 heterocycles. The van der Waals surface area contributed by atoms with Crippen LogP contribution in [0.1, 0.15) is 258 Å². The van der Waals surface area contributed by atoms with Gasteiger partial charge in [0.2, 0.25) is 0 Å². The lowest BCUT2D eigenvalue weighted by molar-refractivity contribution is -0.167. The summed E-state index contributed by atoms with van der Waals surface area (Å²) >= 11 is 0. The average Bonchev–Trinajstić information content (AvgIpc) is 3.44.